The summed E-state index contributed by atoms with van der Waals surface area (Å²) in [7, 11) is 0. The minimum atomic E-state index is 0.867. The monoisotopic (exact) mass is 354 g/mol. The number of piperazine rings is 1. The summed E-state index contributed by atoms with van der Waals surface area (Å²) in [6, 6.07) is 6.13. The number of thiazole rings is 1. The molecule has 0 aromatic carbocycles. The second-order valence-electron chi connectivity index (χ2n) is 6.44. The highest BCUT2D eigenvalue weighted by molar-refractivity contribution is 7.09. The Morgan fingerprint density at radius 1 is 1.04 bits per heavy atom. The maximum absolute atomic E-state index is 4.79. The van der Waals surface area contributed by atoms with Crippen molar-refractivity contribution in [1.29, 1.82) is 0 Å². The molecule has 0 aliphatic carbocycles. The first kappa shape index (κ1) is 16.2. The Bertz CT molecular complexity index is 847. The van der Waals surface area contributed by atoms with Gasteiger partial charge >= 0.3 is 0 Å². The third-order valence-electron chi connectivity index (χ3n) is 4.41. The number of hydrogen-bond acceptors (Lipinski definition) is 6. The molecule has 0 N–H and O–H groups in total. The molecule has 1 saturated heterocycles. The molecule has 7 heteroatoms. The first-order valence-corrected chi connectivity index (χ1v) is 9.42. The van der Waals surface area contributed by atoms with E-state index in [4.69, 9.17) is 4.98 Å². The quantitative estimate of drug-likeness (QED) is 0.721. The van der Waals surface area contributed by atoms with Gasteiger partial charge in [-0.05, 0) is 31.5 Å². The van der Waals surface area contributed by atoms with Crippen LogP contribution < -0.4 is 4.90 Å². The van der Waals surface area contributed by atoms with Crippen LogP contribution in [0.4, 0.5) is 5.82 Å². The fourth-order valence-electron chi connectivity index (χ4n) is 3.10. The van der Waals surface area contributed by atoms with Gasteiger partial charge in [0.1, 0.15) is 5.82 Å². The molecule has 0 amide bonds. The molecule has 0 radical (unpaired) electrons. The van der Waals surface area contributed by atoms with Gasteiger partial charge in [-0.3, -0.25) is 4.90 Å². The minimum Gasteiger partial charge on any atom is -0.354 e. The van der Waals surface area contributed by atoms with Gasteiger partial charge in [-0.1, -0.05) is 6.07 Å². The molecule has 1 aliphatic rings. The molecule has 3 aromatic heterocycles. The fraction of sp³-hybridized carbons (Fsp3) is 0.389. The van der Waals surface area contributed by atoms with Crippen LogP contribution in [0.5, 0.6) is 0 Å². The molecule has 0 saturated carbocycles. The Morgan fingerprint density at radius 2 is 1.84 bits per heavy atom. The van der Waals surface area contributed by atoms with Gasteiger partial charge in [0, 0.05) is 44.3 Å². The second kappa shape index (κ2) is 6.93. The van der Waals surface area contributed by atoms with Gasteiger partial charge in [-0.15, -0.1) is 11.3 Å². The Morgan fingerprint density at radius 3 is 2.52 bits per heavy atom. The predicted molar refractivity (Wildman–Crippen MR) is 100 cm³/mol. The van der Waals surface area contributed by atoms with Crippen molar-refractivity contribution >= 4 is 17.2 Å². The molecule has 6 nitrogen and oxygen atoms in total. The van der Waals surface area contributed by atoms with E-state index >= 15 is 0 Å². The van der Waals surface area contributed by atoms with Gasteiger partial charge in [0.25, 0.3) is 0 Å². The van der Waals surface area contributed by atoms with Crippen LogP contribution in [-0.2, 0) is 6.54 Å². The normalized spacial score (nSPS) is 15.7. The van der Waals surface area contributed by atoms with E-state index in [0.717, 1.165) is 54.9 Å². The molecule has 1 fully saturated rings. The zero-order chi connectivity index (χ0) is 17.2. The molecular weight excluding hydrogens is 332 g/mol. The third-order valence-corrected chi connectivity index (χ3v) is 5.24. The zero-order valence-corrected chi connectivity index (χ0v) is 15.4. The summed E-state index contributed by atoms with van der Waals surface area (Å²) in [6.45, 7) is 9.07. The van der Waals surface area contributed by atoms with E-state index in [1.165, 1.54) is 5.69 Å². The maximum Gasteiger partial charge on any atom is 0.155 e. The second-order valence-corrected chi connectivity index (χ2v) is 7.50. The van der Waals surface area contributed by atoms with E-state index in [9.17, 15) is 0 Å². The number of aromatic nitrogens is 4. The largest absolute Gasteiger partial charge is 0.354 e. The molecule has 0 atom stereocenters. The van der Waals surface area contributed by atoms with Crippen molar-refractivity contribution in [3.63, 3.8) is 0 Å². The summed E-state index contributed by atoms with van der Waals surface area (Å²) in [6.07, 6.45) is 3.85. The van der Waals surface area contributed by atoms with Crippen LogP contribution in [0, 0.1) is 13.8 Å². The number of anilines is 1. The Balaban J connectivity index is 1.40. The summed E-state index contributed by atoms with van der Waals surface area (Å²) >= 11 is 1.73. The summed E-state index contributed by atoms with van der Waals surface area (Å²) in [4.78, 5) is 14.2. The molecule has 4 rings (SSSR count). The van der Waals surface area contributed by atoms with Crippen molar-refractivity contribution < 1.29 is 0 Å². The van der Waals surface area contributed by atoms with Crippen LogP contribution >= 0.6 is 11.3 Å². The van der Waals surface area contributed by atoms with Crippen LogP contribution in [0.3, 0.4) is 0 Å². The van der Waals surface area contributed by atoms with Gasteiger partial charge in [0.2, 0.25) is 0 Å². The van der Waals surface area contributed by atoms with Crippen molar-refractivity contribution in [2.45, 2.75) is 20.4 Å². The molecule has 130 valence electrons. The van der Waals surface area contributed by atoms with Gasteiger partial charge in [-0.2, -0.15) is 5.10 Å². The lowest BCUT2D eigenvalue weighted by Crippen LogP contribution is -2.46. The first-order chi connectivity index (χ1) is 12.2. The SMILES string of the molecule is Cc1cnn(-c2cccc(N3CCN(Cc4csc(C)n4)CC3)n2)c1. The molecule has 0 bridgehead atoms. The third kappa shape index (κ3) is 3.72. The highest BCUT2D eigenvalue weighted by Crippen LogP contribution is 2.18. The number of hydrogen-bond donors (Lipinski definition) is 0. The Hall–Kier alpha value is -2.25. The van der Waals surface area contributed by atoms with Crippen LogP contribution in [-0.4, -0.2) is 50.8 Å². The van der Waals surface area contributed by atoms with Crippen LogP contribution in [0.15, 0.2) is 36.0 Å². The topological polar surface area (TPSA) is 50.1 Å². The number of aryl methyl sites for hydroxylation is 2. The van der Waals surface area contributed by atoms with Gasteiger partial charge in [0.15, 0.2) is 5.82 Å². The van der Waals surface area contributed by atoms with E-state index < -0.39 is 0 Å². The van der Waals surface area contributed by atoms with E-state index in [-0.39, 0.29) is 0 Å². The number of pyridine rings is 1. The molecule has 1 aliphatic heterocycles. The lowest BCUT2D eigenvalue weighted by Gasteiger charge is -2.35. The molecule has 3 aromatic rings. The van der Waals surface area contributed by atoms with Crippen molar-refractivity contribution in [3.05, 3.63) is 52.2 Å². The van der Waals surface area contributed by atoms with Crippen LogP contribution in [0.2, 0.25) is 0 Å². The van der Waals surface area contributed by atoms with E-state index in [0.29, 0.717) is 0 Å². The standard InChI is InChI=1S/C18H22N6S/c1-14-10-19-24(11-14)18-5-3-4-17(21-18)23-8-6-22(7-9-23)12-16-13-25-15(2)20-16/h3-5,10-11,13H,6-9,12H2,1-2H3. The van der Waals surface area contributed by atoms with Crippen molar-refractivity contribution in [1.82, 2.24) is 24.6 Å². The van der Waals surface area contributed by atoms with Crippen molar-refractivity contribution in [3.8, 4) is 5.82 Å². The smallest absolute Gasteiger partial charge is 0.155 e. The lowest BCUT2D eigenvalue weighted by molar-refractivity contribution is 0.247. The fourth-order valence-corrected chi connectivity index (χ4v) is 3.70. The van der Waals surface area contributed by atoms with E-state index in [1.807, 2.05) is 30.1 Å². The highest BCUT2D eigenvalue weighted by Gasteiger charge is 2.19. The Kier molecular flexibility index (Phi) is 4.50. The average molecular weight is 354 g/mol. The highest BCUT2D eigenvalue weighted by atomic mass is 32.1. The van der Waals surface area contributed by atoms with Gasteiger partial charge < -0.3 is 4.90 Å². The summed E-state index contributed by atoms with van der Waals surface area (Å²) < 4.78 is 1.83. The average Bonchev–Trinajstić information content (AvgIpc) is 3.24. The molecule has 0 spiro atoms. The summed E-state index contributed by atoms with van der Waals surface area (Å²) in [5.41, 5.74) is 2.32. The summed E-state index contributed by atoms with van der Waals surface area (Å²) in [5.74, 6) is 1.89. The molecule has 25 heavy (non-hydrogen) atoms. The van der Waals surface area contributed by atoms with Crippen molar-refractivity contribution in [2.24, 2.45) is 0 Å². The number of rotatable bonds is 4. The summed E-state index contributed by atoms with van der Waals surface area (Å²) in [5, 5.41) is 7.66. The van der Waals surface area contributed by atoms with E-state index in [2.05, 4.69) is 44.3 Å². The van der Waals surface area contributed by atoms with Crippen LogP contribution in [0.25, 0.3) is 5.82 Å². The van der Waals surface area contributed by atoms with Crippen molar-refractivity contribution in [2.75, 3.05) is 31.1 Å². The molecular formula is C18H22N6S. The zero-order valence-electron chi connectivity index (χ0n) is 14.6. The van der Waals surface area contributed by atoms with Gasteiger partial charge in [0.05, 0.1) is 16.9 Å². The van der Waals surface area contributed by atoms with E-state index in [1.54, 1.807) is 11.3 Å². The maximum atomic E-state index is 4.79. The van der Waals surface area contributed by atoms with Gasteiger partial charge in [-0.25, -0.2) is 14.6 Å². The minimum absolute atomic E-state index is 0.867. The lowest BCUT2D eigenvalue weighted by atomic mass is 10.3. The first-order valence-electron chi connectivity index (χ1n) is 8.54. The molecule has 4 heterocycles. The predicted octanol–water partition coefficient (Wildman–Crippen LogP) is 2.66. The van der Waals surface area contributed by atoms with Crippen LogP contribution in [0.1, 0.15) is 16.3 Å². The number of nitrogens with zero attached hydrogens (tertiary/aromatic N) is 6. The molecule has 0 unspecified atom stereocenters. The Labute approximate surface area is 151 Å².